The highest BCUT2D eigenvalue weighted by Gasteiger charge is 2.32. The summed E-state index contributed by atoms with van der Waals surface area (Å²) in [6, 6.07) is 6.50. The maximum absolute atomic E-state index is 12.2. The van der Waals surface area contributed by atoms with E-state index in [1.165, 1.54) is 25.0 Å². The molecule has 3 N–H and O–H groups in total. The van der Waals surface area contributed by atoms with E-state index in [9.17, 15) is 13.9 Å². The number of nitrogens with one attached hydrogen (secondary N) is 2. The zero-order valence-electron chi connectivity index (χ0n) is 16.7. The SMILES string of the molecule is CCNC(=NCC(O)c1ccc(OC(F)F)cc1)NCC1CN2CCCC2CO1. The molecule has 7 nitrogen and oxygen atoms in total. The first-order chi connectivity index (χ1) is 14.0. The molecule has 9 heteroatoms. The summed E-state index contributed by atoms with van der Waals surface area (Å²) >= 11 is 0. The summed E-state index contributed by atoms with van der Waals surface area (Å²) < 4.78 is 34.7. The second kappa shape index (κ2) is 10.7. The number of alkyl halides is 2. The van der Waals surface area contributed by atoms with E-state index in [2.05, 4.69) is 25.3 Å². The number of benzene rings is 1. The van der Waals surface area contributed by atoms with Crippen LogP contribution in [0.1, 0.15) is 31.4 Å². The second-order valence-corrected chi connectivity index (χ2v) is 7.31. The summed E-state index contributed by atoms with van der Waals surface area (Å²) in [6.45, 7) is 3.44. The molecule has 0 aliphatic carbocycles. The van der Waals surface area contributed by atoms with Crippen molar-refractivity contribution in [3.8, 4) is 5.75 Å². The van der Waals surface area contributed by atoms with E-state index in [-0.39, 0.29) is 18.4 Å². The first-order valence-electron chi connectivity index (χ1n) is 10.2. The number of nitrogens with zero attached hydrogens (tertiary/aromatic N) is 2. The van der Waals surface area contributed by atoms with E-state index >= 15 is 0 Å². The van der Waals surface area contributed by atoms with Gasteiger partial charge in [-0.3, -0.25) is 9.89 Å². The number of aliphatic imine (C=N–C) groups is 1. The summed E-state index contributed by atoms with van der Waals surface area (Å²) in [5.74, 6) is 0.665. The molecule has 0 amide bonds. The smallest absolute Gasteiger partial charge is 0.387 e. The quantitative estimate of drug-likeness (QED) is 0.446. The van der Waals surface area contributed by atoms with Crippen molar-refractivity contribution in [1.82, 2.24) is 15.5 Å². The maximum Gasteiger partial charge on any atom is 0.387 e. The lowest BCUT2D eigenvalue weighted by Crippen LogP contribution is -2.51. The van der Waals surface area contributed by atoms with Crippen molar-refractivity contribution in [3.63, 3.8) is 0 Å². The summed E-state index contributed by atoms with van der Waals surface area (Å²) in [5.41, 5.74) is 0.585. The lowest BCUT2D eigenvalue weighted by Gasteiger charge is -2.35. The average molecular weight is 412 g/mol. The van der Waals surface area contributed by atoms with Gasteiger partial charge in [0.15, 0.2) is 5.96 Å². The molecule has 29 heavy (non-hydrogen) atoms. The second-order valence-electron chi connectivity index (χ2n) is 7.31. The van der Waals surface area contributed by atoms with Crippen LogP contribution < -0.4 is 15.4 Å². The van der Waals surface area contributed by atoms with Crippen molar-refractivity contribution in [1.29, 1.82) is 0 Å². The monoisotopic (exact) mass is 412 g/mol. The van der Waals surface area contributed by atoms with Crippen molar-refractivity contribution in [2.24, 2.45) is 4.99 Å². The number of aliphatic hydroxyl groups is 1. The lowest BCUT2D eigenvalue weighted by atomic mass is 10.1. The Hall–Kier alpha value is -1.97. The zero-order chi connectivity index (χ0) is 20.6. The van der Waals surface area contributed by atoms with Crippen LogP contribution in [0.5, 0.6) is 5.75 Å². The molecule has 2 fully saturated rings. The van der Waals surface area contributed by atoms with Crippen molar-refractivity contribution in [2.75, 3.05) is 39.3 Å². The molecular weight excluding hydrogens is 382 g/mol. The Morgan fingerprint density at radius 2 is 2.14 bits per heavy atom. The van der Waals surface area contributed by atoms with Gasteiger partial charge in [-0.15, -0.1) is 0 Å². The van der Waals surface area contributed by atoms with E-state index < -0.39 is 12.7 Å². The Labute approximate surface area is 170 Å². The Morgan fingerprint density at radius 1 is 1.34 bits per heavy atom. The number of guanidine groups is 1. The molecule has 2 heterocycles. The van der Waals surface area contributed by atoms with Crippen molar-refractivity contribution in [2.45, 2.75) is 44.6 Å². The Kier molecular flexibility index (Phi) is 8.02. The van der Waals surface area contributed by atoms with Crippen LogP contribution in [0.2, 0.25) is 0 Å². The van der Waals surface area contributed by atoms with Crippen LogP contribution in [0.3, 0.4) is 0 Å². The number of fused-ring (bicyclic) bond motifs is 1. The molecule has 0 saturated carbocycles. The van der Waals surface area contributed by atoms with Crippen LogP contribution in [0.25, 0.3) is 0 Å². The molecule has 1 aromatic carbocycles. The topological polar surface area (TPSA) is 78.4 Å². The highest BCUT2D eigenvalue weighted by atomic mass is 19.3. The Bertz CT molecular complexity index is 660. The minimum absolute atomic E-state index is 0.0576. The van der Waals surface area contributed by atoms with Crippen molar-refractivity contribution >= 4 is 5.96 Å². The van der Waals surface area contributed by atoms with Crippen LogP contribution >= 0.6 is 0 Å². The fourth-order valence-electron chi connectivity index (χ4n) is 3.72. The standard InChI is InChI=1S/C20H30F2N4O3/c1-2-23-20(24-10-17-12-26-9-3-4-15(26)13-28-17)25-11-18(27)14-5-7-16(8-6-14)29-19(21)22/h5-8,15,17-19,27H,2-4,9-13H2,1H3,(H2,23,24,25). The van der Waals surface area contributed by atoms with Gasteiger partial charge in [0.05, 0.1) is 25.4 Å². The third-order valence-electron chi connectivity index (χ3n) is 5.22. The molecule has 0 bridgehead atoms. The van der Waals surface area contributed by atoms with Gasteiger partial charge < -0.3 is 25.2 Å². The number of hydrogen-bond donors (Lipinski definition) is 3. The van der Waals surface area contributed by atoms with E-state index in [1.54, 1.807) is 12.1 Å². The minimum Gasteiger partial charge on any atom is -0.435 e. The van der Waals surface area contributed by atoms with E-state index in [4.69, 9.17) is 4.74 Å². The van der Waals surface area contributed by atoms with Crippen LogP contribution in [0.15, 0.2) is 29.3 Å². The third-order valence-corrected chi connectivity index (χ3v) is 5.22. The van der Waals surface area contributed by atoms with E-state index in [1.807, 2.05) is 6.92 Å². The van der Waals surface area contributed by atoms with Gasteiger partial charge in [-0.25, -0.2) is 0 Å². The van der Waals surface area contributed by atoms with Gasteiger partial charge in [0.2, 0.25) is 0 Å². The molecule has 0 aromatic heterocycles. The highest BCUT2D eigenvalue weighted by Crippen LogP contribution is 2.22. The van der Waals surface area contributed by atoms with Crippen LogP contribution in [-0.4, -0.2) is 74.1 Å². The summed E-state index contributed by atoms with van der Waals surface area (Å²) in [7, 11) is 0. The van der Waals surface area contributed by atoms with Gasteiger partial charge in [-0.1, -0.05) is 12.1 Å². The van der Waals surface area contributed by atoms with Gasteiger partial charge >= 0.3 is 6.61 Å². The molecule has 3 unspecified atom stereocenters. The van der Waals surface area contributed by atoms with Crippen LogP contribution in [-0.2, 0) is 4.74 Å². The molecule has 0 spiro atoms. The predicted octanol–water partition coefficient (Wildman–Crippen LogP) is 1.74. The first-order valence-corrected chi connectivity index (χ1v) is 10.2. The fourth-order valence-corrected chi connectivity index (χ4v) is 3.72. The maximum atomic E-state index is 12.2. The molecule has 1 aromatic rings. The summed E-state index contributed by atoms with van der Waals surface area (Å²) in [6.07, 6.45) is 1.73. The van der Waals surface area contributed by atoms with Crippen LogP contribution in [0.4, 0.5) is 8.78 Å². The van der Waals surface area contributed by atoms with Gasteiger partial charge in [0.1, 0.15) is 5.75 Å². The molecule has 2 aliphatic heterocycles. The van der Waals surface area contributed by atoms with Crippen molar-refractivity contribution in [3.05, 3.63) is 29.8 Å². The molecular formula is C20H30F2N4O3. The summed E-state index contributed by atoms with van der Waals surface area (Å²) in [5, 5.41) is 16.8. The molecule has 3 atom stereocenters. The third kappa shape index (κ3) is 6.52. The van der Waals surface area contributed by atoms with E-state index in [0.717, 1.165) is 19.7 Å². The Balaban J connectivity index is 1.49. The lowest BCUT2D eigenvalue weighted by molar-refractivity contribution is -0.0498. The van der Waals surface area contributed by atoms with Gasteiger partial charge in [0, 0.05) is 25.7 Å². The van der Waals surface area contributed by atoms with Gasteiger partial charge in [-0.05, 0) is 44.0 Å². The minimum atomic E-state index is -2.87. The normalized spacial score (nSPS) is 23.7. The number of hydrogen-bond acceptors (Lipinski definition) is 5. The number of morpholine rings is 1. The fraction of sp³-hybridized carbons (Fsp3) is 0.650. The molecule has 0 radical (unpaired) electrons. The van der Waals surface area contributed by atoms with E-state index in [0.29, 0.717) is 30.7 Å². The number of ether oxygens (including phenoxy) is 2. The zero-order valence-corrected chi connectivity index (χ0v) is 16.7. The highest BCUT2D eigenvalue weighted by molar-refractivity contribution is 5.79. The Morgan fingerprint density at radius 3 is 2.86 bits per heavy atom. The number of aliphatic hydroxyl groups excluding tert-OH is 1. The van der Waals surface area contributed by atoms with Gasteiger partial charge in [-0.2, -0.15) is 8.78 Å². The van der Waals surface area contributed by atoms with Gasteiger partial charge in [0.25, 0.3) is 0 Å². The van der Waals surface area contributed by atoms with Crippen LogP contribution in [0, 0.1) is 0 Å². The summed E-state index contributed by atoms with van der Waals surface area (Å²) in [4.78, 5) is 6.93. The average Bonchev–Trinajstić information content (AvgIpc) is 3.18. The first kappa shape index (κ1) is 21.7. The molecule has 2 aliphatic rings. The number of rotatable bonds is 8. The largest absolute Gasteiger partial charge is 0.435 e. The molecule has 2 saturated heterocycles. The predicted molar refractivity (Wildman–Crippen MR) is 106 cm³/mol. The number of halogens is 2. The van der Waals surface area contributed by atoms with Crippen molar-refractivity contribution < 1.29 is 23.4 Å². The molecule has 3 rings (SSSR count). The molecule has 162 valence electrons.